The van der Waals surface area contributed by atoms with Gasteiger partial charge in [0.1, 0.15) is 0 Å². The molecule has 108 valence electrons. The predicted octanol–water partition coefficient (Wildman–Crippen LogP) is 1.67. The zero-order valence-electron chi connectivity index (χ0n) is 12.8. The molecule has 1 aromatic rings. The maximum Gasteiger partial charge on any atom is 0.0522 e. The summed E-state index contributed by atoms with van der Waals surface area (Å²) in [6.45, 7) is 10.4. The molecule has 0 aliphatic carbocycles. The molecule has 2 heterocycles. The molecule has 1 aliphatic heterocycles. The third-order valence-corrected chi connectivity index (χ3v) is 4.25. The van der Waals surface area contributed by atoms with Crippen LogP contribution in [0.25, 0.3) is 0 Å². The van der Waals surface area contributed by atoms with Gasteiger partial charge in [0.15, 0.2) is 0 Å². The van der Waals surface area contributed by atoms with Gasteiger partial charge in [0.25, 0.3) is 0 Å². The Bertz CT molecular complexity index is 385. The molecule has 4 nitrogen and oxygen atoms in total. The van der Waals surface area contributed by atoms with Crippen molar-refractivity contribution in [3.8, 4) is 0 Å². The number of aromatic nitrogens is 2. The topological polar surface area (TPSA) is 33.1 Å². The Kier molecular flexibility index (Phi) is 4.99. The van der Waals surface area contributed by atoms with E-state index in [4.69, 9.17) is 0 Å². The molecule has 1 aliphatic rings. The van der Waals surface area contributed by atoms with Crippen molar-refractivity contribution in [2.75, 3.05) is 19.6 Å². The summed E-state index contributed by atoms with van der Waals surface area (Å²) in [7, 11) is 1.98. The largest absolute Gasteiger partial charge is 0.311 e. The van der Waals surface area contributed by atoms with Gasteiger partial charge >= 0.3 is 0 Å². The Morgan fingerprint density at radius 2 is 2.26 bits per heavy atom. The Morgan fingerprint density at radius 3 is 2.84 bits per heavy atom. The van der Waals surface area contributed by atoms with Crippen LogP contribution >= 0.6 is 0 Å². The molecule has 19 heavy (non-hydrogen) atoms. The average molecular weight is 264 g/mol. The molecule has 4 heteroatoms. The Morgan fingerprint density at radius 1 is 1.47 bits per heavy atom. The second-order valence-corrected chi connectivity index (χ2v) is 6.09. The molecule has 0 spiro atoms. The number of hydrogen-bond donors (Lipinski definition) is 1. The minimum atomic E-state index is 0.656. The van der Waals surface area contributed by atoms with E-state index in [1.165, 1.54) is 18.5 Å². The molecular weight excluding hydrogens is 236 g/mol. The molecule has 0 radical (unpaired) electrons. The summed E-state index contributed by atoms with van der Waals surface area (Å²) in [6, 6.07) is 1.32. The van der Waals surface area contributed by atoms with Gasteiger partial charge in [-0.25, -0.2) is 0 Å². The second-order valence-electron chi connectivity index (χ2n) is 6.09. The monoisotopic (exact) mass is 264 g/mol. The minimum Gasteiger partial charge on any atom is -0.311 e. The molecule has 1 fully saturated rings. The number of nitrogens with zero attached hydrogens (tertiary/aromatic N) is 3. The lowest BCUT2D eigenvalue weighted by molar-refractivity contribution is 0.0985. The summed E-state index contributed by atoms with van der Waals surface area (Å²) in [4.78, 5) is 2.67. The zero-order valence-corrected chi connectivity index (χ0v) is 12.8. The number of piperazine rings is 1. The molecule has 0 bridgehead atoms. The fraction of sp³-hybridized carbons (Fsp3) is 0.800. The van der Waals surface area contributed by atoms with Gasteiger partial charge in [0.2, 0.25) is 0 Å². The van der Waals surface area contributed by atoms with Gasteiger partial charge in [-0.1, -0.05) is 20.8 Å². The van der Waals surface area contributed by atoms with Crippen molar-refractivity contribution >= 4 is 0 Å². The van der Waals surface area contributed by atoms with Gasteiger partial charge in [-0.2, -0.15) is 5.10 Å². The van der Waals surface area contributed by atoms with Crippen LogP contribution in [0.1, 0.15) is 32.8 Å². The van der Waals surface area contributed by atoms with E-state index < -0.39 is 0 Å². The van der Waals surface area contributed by atoms with Crippen LogP contribution in [-0.2, 0) is 13.5 Å². The molecule has 1 aromatic heterocycles. The molecule has 0 aromatic carbocycles. The molecule has 0 amide bonds. The lowest BCUT2D eigenvalue weighted by Gasteiger charge is -2.42. The molecule has 2 atom stereocenters. The Balaban J connectivity index is 1.93. The average Bonchev–Trinajstić information content (AvgIpc) is 2.81. The van der Waals surface area contributed by atoms with E-state index in [-0.39, 0.29) is 0 Å². The van der Waals surface area contributed by atoms with Crippen LogP contribution < -0.4 is 5.32 Å². The van der Waals surface area contributed by atoms with E-state index in [9.17, 15) is 0 Å². The summed E-state index contributed by atoms with van der Waals surface area (Å²) < 4.78 is 1.89. The van der Waals surface area contributed by atoms with Gasteiger partial charge in [0.05, 0.1) is 6.20 Å². The predicted molar refractivity (Wildman–Crippen MR) is 79.2 cm³/mol. The highest BCUT2D eigenvalue weighted by Gasteiger charge is 2.28. The highest BCUT2D eigenvalue weighted by molar-refractivity contribution is 5.04. The third-order valence-electron chi connectivity index (χ3n) is 4.25. The van der Waals surface area contributed by atoms with Crippen LogP contribution in [-0.4, -0.2) is 46.4 Å². The van der Waals surface area contributed by atoms with E-state index in [0.717, 1.165) is 19.5 Å². The lowest BCUT2D eigenvalue weighted by atomic mass is 9.97. The minimum absolute atomic E-state index is 0.656. The summed E-state index contributed by atoms with van der Waals surface area (Å²) in [5.41, 5.74) is 1.34. The van der Waals surface area contributed by atoms with Crippen molar-refractivity contribution < 1.29 is 0 Å². The van der Waals surface area contributed by atoms with Crippen molar-refractivity contribution in [3.63, 3.8) is 0 Å². The lowest BCUT2D eigenvalue weighted by Crippen LogP contribution is -2.58. The highest BCUT2D eigenvalue weighted by Crippen LogP contribution is 2.17. The number of rotatable bonds is 5. The molecule has 1 saturated heterocycles. The number of hydrogen-bond acceptors (Lipinski definition) is 3. The van der Waals surface area contributed by atoms with Crippen LogP contribution in [0.2, 0.25) is 0 Å². The first kappa shape index (κ1) is 14.5. The van der Waals surface area contributed by atoms with Gasteiger partial charge in [-0.05, 0) is 24.3 Å². The zero-order chi connectivity index (χ0) is 13.8. The highest BCUT2D eigenvalue weighted by atomic mass is 15.2. The van der Waals surface area contributed by atoms with Crippen molar-refractivity contribution in [1.82, 2.24) is 20.0 Å². The van der Waals surface area contributed by atoms with Crippen molar-refractivity contribution in [2.24, 2.45) is 13.0 Å². The van der Waals surface area contributed by atoms with Gasteiger partial charge in [-0.3, -0.25) is 9.58 Å². The fourth-order valence-corrected chi connectivity index (χ4v) is 2.96. The smallest absolute Gasteiger partial charge is 0.0522 e. The quantitative estimate of drug-likeness (QED) is 0.878. The first-order valence-corrected chi connectivity index (χ1v) is 7.55. The standard InChI is InChI=1S/C15H28N4/c1-5-14-11-19(15(9-16-14)12(2)3)7-6-13-8-17-18(4)10-13/h8,10,12,14-16H,5-7,9,11H2,1-4H3. The Hall–Kier alpha value is -0.870. The maximum absolute atomic E-state index is 4.25. The maximum atomic E-state index is 4.25. The number of aryl methyl sites for hydroxylation is 1. The summed E-state index contributed by atoms with van der Waals surface area (Å²) in [5, 5.41) is 7.93. The van der Waals surface area contributed by atoms with Gasteiger partial charge in [-0.15, -0.1) is 0 Å². The first-order chi connectivity index (χ1) is 9.10. The molecule has 2 unspecified atom stereocenters. The van der Waals surface area contributed by atoms with E-state index in [1.54, 1.807) is 0 Å². The third kappa shape index (κ3) is 3.80. The Labute approximate surface area is 117 Å². The van der Waals surface area contributed by atoms with Crippen LogP contribution in [0.4, 0.5) is 0 Å². The van der Waals surface area contributed by atoms with E-state index in [0.29, 0.717) is 18.0 Å². The van der Waals surface area contributed by atoms with Gasteiger partial charge in [0, 0.05) is 45.0 Å². The summed E-state index contributed by atoms with van der Waals surface area (Å²) in [6.07, 6.45) is 6.44. The van der Waals surface area contributed by atoms with Crippen LogP contribution in [0.5, 0.6) is 0 Å². The summed E-state index contributed by atoms with van der Waals surface area (Å²) in [5.74, 6) is 0.708. The van der Waals surface area contributed by atoms with Crippen LogP contribution in [0, 0.1) is 5.92 Å². The second kappa shape index (κ2) is 6.53. The summed E-state index contributed by atoms with van der Waals surface area (Å²) >= 11 is 0. The van der Waals surface area contributed by atoms with Crippen LogP contribution in [0.15, 0.2) is 12.4 Å². The fourth-order valence-electron chi connectivity index (χ4n) is 2.96. The van der Waals surface area contributed by atoms with E-state index in [1.807, 2.05) is 17.9 Å². The SMILES string of the molecule is CCC1CN(CCc2cnn(C)c2)C(C(C)C)CN1. The van der Waals surface area contributed by atoms with E-state index >= 15 is 0 Å². The van der Waals surface area contributed by atoms with Crippen molar-refractivity contribution in [3.05, 3.63) is 18.0 Å². The molecule has 0 saturated carbocycles. The molecule has 1 N–H and O–H groups in total. The van der Waals surface area contributed by atoms with Crippen LogP contribution in [0.3, 0.4) is 0 Å². The van der Waals surface area contributed by atoms with Crippen molar-refractivity contribution in [1.29, 1.82) is 0 Å². The first-order valence-electron chi connectivity index (χ1n) is 7.55. The van der Waals surface area contributed by atoms with Gasteiger partial charge < -0.3 is 5.32 Å². The van der Waals surface area contributed by atoms with E-state index in [2.05, 4.69) is 42.3 Å². The number of nitrogens with one attached hydrogen (secondary N) is 1. The normalized spacial score (nSPS) is 25.1. The molecular formula is C15H28N4. The van der Waals surface area contributed by atoms with Crippen molar-refractivity contribution in [2.45, 2.75) is 45.7 Å². The molecule has 2 rings (SSSR count).